The maximum absolute atomic E-state index is 12.9. The van der Waals surface area contributed by atoms with E-state index in [2.05, 4.69) is 38.9 Å². The average molecular weight is 380 g/mol. The summed E-state index contributed by atoms with van der Waals surface area (Å²) >= 11 is 3.10. The van der Waals surface area contributed by atoms with Crippen LogP contribution in [0.3, 0.4) is 0 Å². The summed E-state index contributed by atoms with van der Waals surface area (Å²) in [6.45, 7) is 1.95. The number of Topliss-reactive ketones (excluding diaryl/α,β-unsaturated/α-hetero) is 1. The molecule has 5 rings (SSSR count). The minimum absolute atomic E-state index is 0.154. The zero-order valence-corrected chi connectivity index (χ0v) is 15.9. The van der Waals surface area contributed by atoms with Crippen molar-refractivity contribution in [1.82, 2.24) is 14.6 Å². The molecule has 0 saturated heterocycles. The number of carbonyl (C=O) groups is 1. The highest BCUT2D eigenvalue weighted by Gasteiger charge is 2.22. The van der Waals surface area contributed by atoms with Gasteiger partial charge in [-0.15, -0.1) is 10.2 Å². The molecule has 4 aromatic rings. The summed E-state index contributed by atoms with van der Waals surface area (Å²) in [5.74, 6) is 0.154. The van der Waals surface area contributed by atoms with Gasteiger partial charge in [0.05, 0.1) is 15.5 Å². The Labute approximate surface area is 159 Å². The van der Waals surface area contributed by atoms with Crippen LogP contribution in [0.5, 0.6) is 0 Å². The highest BCUT2D eigenvalue weighted by molar-refractivity contribution is 8.00. The third-order valence-corrected chi connectivity index (χ3v) is 7.00. The standard InChI is InChI=1S/C20H17N3OS2/c1-12(18(24)15-10-9-13-5-4-6-14(13)11-15)25-19-21-22-20-23(19)16-7-2-3-8-17(16)26-20/h2-3,7-12H,4-6H2,1H3. The molecule has 2 heterocycles. The Bertz CT molecular complexity index is 1140. The molecule has 0 spiro atoms. The van der Waals surface area contributed by atoms with E-state index >= 15 is 0 Å². The molecule has 0 N–H and O–H groups in total. The molecule has 0 bridgehead atoms. The Hall–Kier alpha value is -2.18. The molecule has 26 heavy (non-hydrogen) atoms. The molecule has 1 aliphatic rings. The van der Waals surface area contributed by atoms with E-state index in [1.54, 1.807) is 11.3 Å². The number of thiazole rings is 1. The van der Waals surface area contributed by atoms with Crippen LogP contribution in [-0.2, 0) is 12.8 Å². The largest absolute Gasteiger partial charge is 0.293 e. The van der Waals surface area contributed by atoms with E-state index in [0.29, 0.717) is 0 Å². The topological polar surface area (TPSA) is 47.3 Å². The van der Waals surface area contributed by atoms with Crippen molar-refractivity contribution in [3.63, 3.8) is 0 Å². The van der Waals surface area contributed by atoms with E-state index in [1.807, 2.05) is 25.1 Å². The molecule has 0 fully saturated rings. The molecule has 0 amide bonds. The van der Waals surface area contributed by atoms with Crippen LogP contribution in [0.15, 0.2) is 47.6 Å². The van der Waals surface area contributed by atoms with E-state index in [0.717, 1.165) is 34.0 Å². The van der Waals surface area contributed by atoms with Crippen LogP contribution < -0.4 is 0 Å². The number of hydrogen-bond acceptors (Lipinski definition) is 5. The molecule has 6 heteroatoms. The number of aromatic nitrogens is 3. The fourth-order valence-electron chi connectivity index (χ4n) is 3.60. The predicted molar refractivity (Wildman–Crippen MR) is 106 cm³/mol. The van der Waals surface area contributed by atoms with Gasteiger partial charge in [0, 0.05) is 5.56 Å². The molecular weight excluding hydrogens is 362 g/mol. The number of hydrogen-bond donors (Lipinski definition) is 0. The average Bonchev–Trinajstić information content (AvgIpc) is 3.35. The first-order valence-electron chi connectivity index (χ1n) is 8.76. The zero-order valence-electron chi connectivity index (χ0n) is 14.3. The summed E-state index contributed by atoms with van der Waals surface area (Å²) in [7, 11) is 0. The number of fused-ring (bicyclic) bond motifs is 4. The van der Waals surface area contributed by atoms with Crippen LogP contribution in [0.2, 0.25) is 0 Å². The monoisotopic (exact) mass is 379 g/mol. The van der Waals surface area contributed by atoms with E-state index in [4.69, 9.17) is 0 Å². The summed E-state index contributed by atoms with van der Waals surface area (Å²) in [5.41, 5.74) is 4.63. The van der Waals surface area contributed by atoms with Crippen LogP contribution in [-0.4, -0.2) is 25.6 Å². The van der Waals surface area contributed by atoms with Gasteiger partial charge in [-0.25, -0.2) is 0 Å². The summed E-state index contributed by atoms with van der Waals surface area (Å²) in [5, 5.41) is 9.17. The Balaban J connectivity index is 1.45. The van der Waals surface area contributed by atoms with Crippen LogP contribution in [0.4, 0.5) is 0 Å². The lowest BCUT2D eigenvalue weighted by atomic mass is 10.0. The molecule has 2 aromatic heterocycles. The van der Waals surface area contributed by atoms with Crippen molar-refractivity contribution in [2.45, 2.75) is 36.6 Å². The zero-order chi connectivity index (χ0) is 17.7. The van der Waals surface area contributed by atoms with Gasteiger partial charge < -0.3 is 0 Å². The van der Waals surface area contributed by atoms with Gasteiger partial charge in [0.25, 0.3) is 0 Å². The number of benzene rings is 2. The van der Waals surface area contributed by atoms with Gasteiger partial charge in [-0.1, -0.05) is 47.4 Å². The number of carbonyl (C=O) groups excluding carboxylic acids is 1. The van der Waals surface area contributed by atoms with Crippen LogP contribution in [0.1, 0.15) is 34.8 Å². The van der Waals surface area contributed by atoms with E-state index in [9.17, 15) is 4.79 Å². The van der Waals surface area contributed by atoms with Gasteiger partial charge in [0.15, 0.2) is 10.9 Å². The molecule has 1 unspecified atom stereocenters. The first kappa shape index (κ1) is 16.0. The molecule has 1 atom stereocenters. The van der Waals surface area contributed by atoms with Gasteiger partial charge in [0.1, 0.15) is 0 Å². The molecule has 130 valence electrons. The third kappa shape index (κ3) is 2.56. The summed E-state index contributed by atoms with van der Waals surface area (Å²) in [4.78, 5) is 13.8. The van der Waals surface area contributed by atoms with Gasteiger partial charge in [-0.3, -0.25) is 9.20 Å². The first-order valence-corrected chi connectivity index (χ1v) is 10.5. The van der Waals surface area contributed by atoms with Crippen molar-refractivity contribution < 1.29 is 4.79 Å². The van der Waals surface area contributed by atoms with E-state index in [-0.39, 0.29) is 11.0 Å². The second-order valence-corrected chi connectivity index (χ2v) is 8.95. The second kappa shape index (κ2) is 6.21. The number of para-hydroxylation sites is 1. The lowest BCUT2D eigenvalue weighted by Crippen LogP contribution is -2.14. The summed E-state index contributed by atoms with van der Waals surface area (Å²) in [6, 6.07) is 14.4. The summed E-state index contributed by atoms with van der Waals surface area (Å²) in [6.07, 6.45) is 3.42. The Morgan fingerprint density at radius 2 is 2.00 bits per heavy atom. The second-order valence-electron chi connectivity index (χ2n) is 6.63. The van der Waals surface area contributed by atoms with Crippen molar-refractivity contribution in [3.8, 4) is 0 Å². The molecule has 0 saturated carbocycles. The maximum Gasteiger partial charge on any atom is 0.217 e. The summed E-state index contributed by atoms with van der Waals surface area (Å²) < 4.78 is 3.23. The molecule has 1 aliphatic carbocycles. The highest BCUT2D eigenvalue weighted by atomic mass is 32.2. The predicted octanol–water partition coefficient (Wildman–Crippen LogP) is 4.80. The molecule has 2 aromatic carbocycles. The van der Waals surface area contributed by atoms with Crippen molar-refractivity contribution in [2.75, 3.05) is 0 Å². The Morgan fingerprint density at radius 3 is 2.92 bits per heavy atom. The number of thioether (sulfide) groups is 1. The maximum atomic E-state index is 12.9. The minimum Gasteiger partial charge on any atom is -0.293 e. The number of nitrogens with zero attached hydrogens (tertiary/aromatic N) is 3. The molecule has 0 radical (unpaired) electrons. The van der Waals surface area contributed by atoms with Crippen LogP contribution in [0.25, 0.3) is 15.2 Å². The Morgan fingerprint density at radius 1 is 1.15 bits per heavy atom. The lowest BCUT2D eigenvalue weighted by molar-refractivity contribution is 0.0994. The number of ketones is 1. The normalized spacial score (nSPS) is 14.8. The van der Waals surface area contributed by atoms with Crippen LogP contribution >= 0.6 is 23.1 Å². The van der Waals surface area contributed by atoms with Crippen LogP contribution in [0, 0.1) is 0 Å². The quantitative estimate of drug-likeness (QED) is 0.378. The fourth-order valence-corrected chi connectivity index (χ4v) is 5.56. The Kier molecular flexibility index (Phi) is 3.83. The third-order valence-electron chi connectivity index (χ3n) is 4.95. The minimum atomic E-state index is -0.208. The van der Waals surface area contributed by atoms with Crippen molar-refractivity contribution in [2.24, 2.45) is 0 Å². The van der Waals surface area contributed by atoms with Gasteiger partial charge in [-0.2, -0.15) is 0 Å². The van der Waals surface area contributed by atoms with Crippen molar-refractivity contribution in [1.29, 1.82) is 0 Å². The van der Waals surface area contributed by atoms with Crippen molar-refractivity contribution >= 4 is 44.1 Å². The van der Waals surface area contributed by atoms with Gasteiger partial charge in [0.2, 0.25) is 4.96 Å². The molecule has 0 aliphatic heterocycles. The van der Waals surface area contributed by atoms with Crippen molar-refractivity contribution in [3.05, 3.63) is 59.2 Å². The molecule has 4 nitrogen and oxygen atoms in total. The lowest BCUT2D eigenvalue weighted by Gasteiger charge is -2.10. The van der Waals surface area contributed by atoms with E-state index < -0.39 is 0 Å². The smallest absolute Gasteiger partial charge is 0.217 e. The highest BCUT2D eigenvalue weighted by Crippen LogP contribution is 2.32. The number of rotatable bonds is 4. The van der Waals surface area contributed by atoms with Gasteiger partial charge in [-0.05, 0) is 55.5 Å². The number of aryl methyl sites for hydroxylation is 2. The first-order chi connectivity index (χ1) is 12.7. The van der Waals surface area contributed by atoms with Gasteiger partial charge >= 0.3 is 0 Å². The van der Waals surface area contributed by atoms with E-state index in [1.165, 1.54) is 34.0 Å². The SMILES string of the molecule is CC(Sc1nnc2sc3ccccc3n12)C(=O)c1ccc2c(c1)CCC2. The fraction of sp³-hybridized carbons (Fsp3) is 0.250. The molecular formula is C20H17N3OS2.